The fourth-order valence-corrected chi connectivity index (χ4v) is 3.07. The maximum atomic E-state index is 12.1. The quantitative estimate of drug-likeness (QED) is 0.258. The van der Waals surface area contributed by atoms with Crippen LogP contribution in [0.15, 0.2) is 69.7 Å². The van der Waals surface area contributed by atoms with Crippen LogP contribution in [0.25, 0.3) is 0 Å². The second-order valence-electron chi connectivity index (χ2n) is 5.46. The first-order chi connectivity index (χ1) is 12.8. The van der Waals surface area contributed by atoms with Crippen molar-refractivity contribution in [3.05, 3.63) is 70.3 Å². The SMILES string of the molecule is N#C/C(=C/NCCc1cccc(Br)c1)C(=O)Nc1ccc(S(=O)(=O)O)cc1. The van der Waals surface area contributed by atoms with Crippen molar-refractivity contribution in [2.45, 2.75) is 11.3 Å². The van der Waals surface area contributed by atoms with E-state index in [-0.39, 0.29) is 10.5 Å². The molecule has 0 aliphatic rings. The van der Waals surface area contributed by atoms with E-state index in [4.69, 9.17) is 9.81 Å². The summed E-state index contributed by atoms with van der Waals surface area (Å²) < 4.78 is 31.9. The highest BCUT2D eigenvalue weighted by Crippen LogP contribution is 2.14. The molecule has 0 atom stereocenters. The molecule has 1 amide bonds. The first-order valence-electron chi connectivity index (χ1n) is 7.76. The predicted molar refractivity (Wildman–Crippen MR) is 104 cm³/mol. The summed E-state index contributed by atoms with van der Waals surface area (Å²) in [5, 5.41) is 14.6. The largest absolute Gasteiger partial charge is 0.389 e. The van der Waals surface area contributed by atoms with E-state index >= 15 is 0 Å². The van der Waals surface area contributed by atoms with E-state index in [0.717, 1.165) is 22.2 Å². The standard InChI is InChI=1S/C18H16BrN3O4S/c19-15-3-1-2-13(10-15)8-9-21-12-14(11-20)18(23)22-16-4-6-17(7-5-16)27(24,25)26/h1-7,10,12,21H,8-9H2,(H,22,23)(H,24,25,26)/b14-12-. The van der Waals surface area contributed by atoms with E-state index in [1.807, 2.05) is 30.3 Å². The Balaban J connectivity index is 1.93. The highest BCUT2D eigenvalue weighted by molar-refractivity contribution is 9.10. The maximum Gasteiger partial charge on any atom is 0.294 e. The average Bonchev–Trinajstić information content (AvgIpc) is 2.61. The third kappa shape index (κ3) is 6.53. The number of hydrogen-bond donors (Lipinski definition) is 3. The van der Waals surface area contributed by atoms with Crippen LogP contribution in [0, 0.1) is 11.3 Å². The molecule has 0 heterocycles. The predicted octanol–water partition coefficient (Wildman–Crippen LogP) is 2.87. The minimum absolute atomic E-state index is 0.122. The number of carbonyl (C=O) groups is 1. The van der Waals surface area contributed by atoms with Gasteiger partial charge >= 0.3 is 0 Å². The molecule has 3 N–H and O–H groups in total. The summed E-state index contributed by atoms with van der Waals surface area (Å²) in [5.41, 5.74) is 1.28. The summed E-state index contributed by atoms with van der Waals surface area (Å²) in [7, 11) is -4.30. The lowest BCUT2D eigenvalue weighted by Gasteiger charge is -2.06. The summed E-state index contributed by atoms with van der Waals surface area (Å²) >= 11 is 3.40. The smallest absolute Gasteiger partial charge is 0.294 e. The topological polar surface area (TPSA) is 119 Å². The highest BCUT2D eigenvalue weighted by Gasteiger charge is 2.11. The number of amides is 1. The van der Waals surface area contributed by atoms with E-state index in [0.29, 0.717) is 18.7 Å². The molecule has 140 valence electrons. The number of halogens is 1. The van der Waals surface area contributed by atoms with Crippen LogP contribution in [0.1, 0.15) is 5.56 Å². The van der Waals surface area contributed by atoms with Gasteiger partial charge in [0.05, 0.1) is 4.90 Å². The molecule has 0 radical (unpaired) electrons. The number of nitriles is 1. The third-order valence-corrected chi connectivity index (χ3v) is 4.83. The van der Waals surface area contributed by atoms with Gasteiger partial charge in [0, 0.05) is 22.9 Å². The van der Waals surface area contributed by atoms with Crippen molar-refractivity contribution in [1.29, 1.82) is 5.26 Å². The molecule has 9 heteroatoms. The Morgan fingerprint density at radius 2 is 1.93 bits per heavy atom. The van der Waals surface area contributed by atoms with Gasteiger partial charge in [0.25, 0.3) is 16.0 Å². The summed E-state index contributed by atoms with van der Waals surface area (Å²) in [5.74, 6) is -0.632. The minimum Gasteiger partial charge on any atom is -0.389 e. The molecule has 0 unspecified atom stereocenters. The minimum atomic E-state index is -4.30. The van der Waals surface area contributed by atoms with Gasteiger partial charge < -0.3 is 10.6 Å². The molecule has 2 aromatic rings. The molecule has 0 bridgehead atoms. The van der Waals surface area contributed by atoms with Gasteiger partial charge in [-0.3, -0.25) is 9.35 Å². The van der Waals surface area contributed by atoms with Gasteiger partial charge in [-0.15, -0.1) is 0 Å². The van der Waals surface area contributed by atoms with E-state index in [1.54, 1.807) is 0 Å². The first-order valence-corrected chi connectivity index (χ1v) is 10.00. The van der Waals surface area contributed by atoms with Crippen molar-refractivity contribution in [2.75, 3.05) is 11.9 Å². The van der Waals surface area contributed by atoms with Gasteiger partial charge in [-0.2, -0.15) is 13.7 Å². The number of nitrogens with one attached hydrogen (secondary N) is 2. The molecule has 0 spiro atoms. The molecular formula is C18H16BrN3O4S. The zero-order valence-electron chi connectivity index (χ0n) is 14.0. The monoisotopic (exact) mass is 449 g/mol. The number of benzene rings is 2. The summed E-state index contributed by atoms with van der Waals surface area (Å²) in [6, 6.07) is 14.6. The van der Waals surface area contributed by atoms with Crippen molar-refractivity contribution in [3.8, 4) is 6.07 Å². The lowest BCUT2D eigenvalue weighted by molar-refractivity contribution is -0.112. The van der Waals surface area contributed by atoms with Crippen LogP contribution in [-0.2, 0) is 21.3 Å². The van der Waals surface area contributed by atoms with Crippen LogP contribution < -0.4 is 10.6 Å². The first kappa shape index (κ1) is 20.6. The number of hydrogen-bond acceptors (Lipinski definition) is 5. The lowest BCUT2D eigenvalue weighted by Crippen LogP contribution is -2.18. The Labute approximate surface area is 165 Å². The highest BCUT2D eigenvalue weighted by atomic mass is 79.9. The van der Waals surface area contributed by atoms with Crippen LogP contribution in [0.5, 0.6) is 0 Å². The number of nitrogens with zero attached hydrogens (tertiary/aromatic N) is 1. The Hall–Kier alpha value is -2.67. The maximum absolute atomic E-state index is 12.1. The number of anilines is 1. The van der Waals surface area contributed by atoms with Crippen LogP contribution in [0.2, 0.25) is 0 Å². The summed E-state index contributed by atoms with van der Waals surface area (Å²) in [6.45, 7) is 0.540. The lowest BCUT2D eigenvalue weighted by atomic mass is 10.1. The molecule has 0 fully saturated rings. The van der Waals surface area contributed by atoms with Crippen molar-refractivity contribution in [3.63, 3.8) is 0 Å². The molecule has 2 aromatic carbocycles. The fourth-order valence-electron chi connectivity index (χ4n) is 2.14. The molecule has 0 saturated heterocycles. The number of carbonyl (C=O) groups excluding carboxylic acids is 1. The van der Waals surface area contributed by atoms with Crippen LogP contribution in [0.4, 0.5) is 5.69 Å². The van der Waals surface area contributed by atoms with Crippen molar-refractivity contribution < 1.29 is 17.8 Å². The molecule has 2 rings (SSSR count). The van der Waals surface area contributed by atoms with Gasteiger partial charge in [-0.1, -0.05) is 28.1 Å². The zero-order chi connectivity index (χ0) is 19.9. The average molecular weight is 450 g/mol. The molecular weight excluding hydrogens is 434 g/mol. The van der Waals surface area contributed by atoms with Gasteiger partial charge in [0.1, 0.15) is 11.6 Å². The Morgan fingerprint density at radius 3 is 2.52 bits per heavy atom. The number of rotatable bonds is 7. The molecule has 0 saturated carbocycles. The van der Waals surface area contributed by atoms with Gasteiger partial charge in [0.15, 0.2) is 0 Å². The second-order valence-corrected chi connectivity index (χ2v) is 7.79. The van der Waals surface area contributed by atoms with Crippen LogP contribution in [-0.4, -0.2) is 25.4 Å². The Bertz CT molecular complexity index is 996. The Morgan fingerprint density at radius 1 is 1.22 bits per heavy atom. The summed E-state index contributed by atoms with van der Waals surface area (Å²) in [6.07, 6.45) is 2.05. The summed E-state index contributed by atoms with van der Waals surface area (Å²) in [4.78, 5) is 11.8. The second kappa shape index (κ2) is 9.32. The fraction of sp³-hybridized carbons (Fsp3) is 0.111. The third-order valence-electron chi connectivity index (χ3n) is 3.47. The van der Waals surface area contributed by atoms with Crippen LogP contribution in [0.3, 0.4) is 0 Å². The van der Waals surface area contributed by atoms with Gasteiger partial charge in [-0.25, -0.2) is 0 Å². The molecule has 7 nitrogen and oxygen atoms in total. The van der Waals surface area contributed by atoms with E-state index < -0.39 is 16.0 Å². The van der Waals surface area contributed by atoms with Gasteiger partial charge in [0.2, 0.25) is 0 Å². The van der Waals surface area contributed by atoms with Crippen molar-refractivity contribution in [2.24, 2.45) is 0 Å². The normalized spacial score (nSPS) is 11.5. The van der Waals surface area contributed by atoms with Crippen LogP contribution >= 0.6 is 15.9 Å². The van der Waals surface area contributed by atoms with Crippen molar-refractivity contribution in [1.82, 2.24) is 5.32 Å². The Kier molecular flexibility index (Phi) is 7.12. The van der Waals surface area contributed by atoms with E-state index in [2.05, 4.69) is 26.6 Å². The van der Waals surface area contributed by atoms with Crippen molar-refractivity contribution >= 4 is 37.6 Å². The van der Waals surface area contributed by atoms with E-state index in [1.165, 1.54) is 18.3 Å². The zero-order valence-corrected chi connectivity index (χ0v) is 16.4. The molecule has 0 aliphatic heterocycles. The van der Waals surface area contributed by atoms with E-state index in [9.17, 15) is 13.2 Å². The molecule has 0 aromatic heterocycles. The van der Waals surface area contributed by atoms with Gasteiger partial charge in [-0.05, 0) is 48.4 Å². The molecule has 0 aliphatic carbocycles. The molecule has 27 heavy (non-hydrogen) atoms.